The summed E-state index contributed by atoms with van der Waals surface area (Å²) in [7, 11) is 0. The number of carbonyl (C=O) groups is 1. The Kier molecular flexibility index (Phi) is 3.11. The van der Waals surface area contributed by atoms with Crippen molar-refractivity contribution >= 4 is 16.8 Å². The van der Waals surface area contributed by atoms with Gasteiger partial charge in [0.05, 0.1) is 5.52 Å². The van der Waals surface area contributed by atoms with Gasteiger partial charge in [-0.3, -0.25) is 4.79 Å². The molecule has 4 heteroatoms. The van der Waals surface area contributed by atoms with Crippen LogP contribution in [0.2, 0.25) is 0 Å². The molecule has 21 heavy (non-hydrogen) atoms. The maximum Gasteiger partial charge on any atom is 0.272 e. The number of para-hydroxylation sites is 1. The average molecular weight is 281 g/mol. The maximum atomic E-state index is 12.7. The topological polar surface area (TPSA) is 45.2 Å². The van der Waals surface area contributed by atoms with Gasteiger partial charge in [0.1, 0.15) is 5.69 Å². The summed E-state index contributed by atoms with van der Waals surface area (Å²) in [6.45, 7) is 2.76. The van der Waals surface area contributed by atoms with Gasteiger partial charge in [0.25, 0.3) is 5.91 Å². The summed E-state index contributed by atoms with van der Waals surface area (Å²) in [6, 6.07) is 12.2. The second kappa shape index (κ2) is 5.11. The number of nitrogens with zero attached hydrogens (tertiary/aromatic N) is 2. The highest BCUT2D eigenvalue weighted by atomic mass is 16.2. The fourth-order valence-electron chi connectivity index (χ4n) is 3.56. The number of hydrogen-bond donors (Lipinski definition) is 1. The largest absolute Gasteiger partial charge is 0.335 e. The van der Waals surface area contributed by atoms with Crippen LogP contribution in [0.1, 0.15) is 23.3 Å². The average Bonchev–Trinajstić information content (AvgIpc) is 2.97. The molecule has 0 saturated carbocycles. The molecule has 2 atom stereocenters. The number of nitrogens with one attached hydrogen (secondary N) is 1. The van der Waals surface area contributed by atoms with Crippen molar-refractivity contribution in [3.8, 4) is 0 Å². The Hall–Kier alpha value is -1.94. The molecule has 1 aromatic heterocycles. The van der Waals surface area contributed by atoms with E-state index in [1.165, 1.54) is 12.8 Å². The zero-order valence-electron chi connectivity index (χ0n) is 12.0. The normalized spacial score (nSPS) is 25.0. The van der Waals surface area contributed by atoms with Crippen LogP contribution in [0.25, 0.3) is 10.9 Å². The number of carbonyl (C=O) groups excluding carboxylic acids is 1. The second-order valence-electron chi connectivity index (χ2n) is 6.06. The summed E-state index contributed by atoms with van der Waals surface area (Å²) >= 11 is 0. The van der Waals surface area contributed by atoms with E-state index in [0.717, 1.165) is 30.5 Å². The quantitative estimate of drug-likeness (QED) is 0.870. The van der Waals surface area contributed by atoms with Crippen LogP contribution in [0.3, 0.4) is 0 Å². The van der Waals surface area contributed by atoms with E-state index in [9.17, 15) is 4.79 Å². The summed E-state index contributed by atoms with van der Waals surface area (Å²) in [4.78, 5) is 19.2. The number of likely N-dealkylation sites (tertiary alicyclic amines) is 1. The first-order valence-electron chi connectivity index (χ1n) is 7.70. The number of amides is 1. The van der Waals surface area contributed by atoms with Crippen LogP contribution >= 0.6 is 0 Å². The van der Waals surface area contributed by atoms with Gasteiger partial charge in [-0.15, -0.1) is 0 Å². The first-order chi connectivity index (χ1) is 10.3. The Labute approximate surface area is 124 Å². The van der Waals surface area contributed by atoms with Crippen molar-refractivity contribution in [1.29, 1.82) is 0 Å². The van der Waals surface area contributed by atoms with Gasteiger partial charge in [-0.05, 0) is 37.4 Å². The third-order valence-electron chi connectivity index (χ3n) is 4.70. The Morgan fingerprint density at radius 3 is 3.00 bits per heavy atom. The van der Waals surface area contributed by atoms with E-state index in [-0.39, 0.29) is 5.91 Å². The molecule has 0 bridgehead atoms. The van der Waals surface area contributed by atoms with Crippen LogP contribution < -0.4 is 5.32 Å². The Balaban J connectivity index is 1.58. The number of pyridine rings is 1. The minimum Gasteiger partial charge on any atom is -0.335 e. The van der Waals surface area contributed by atoms with Gasteiger partial charge in [-0.1, -0.05) is 24.3 Å². The molecule has 1 amide bonds. The predicted molar refractivity (Wildman–Crippen MR) is 82.2 cm³/mol. The van der Waals surface area contributed by atoms with Crippen molar-refractivity contribution in [3.05, 3.63) is 42.1 Å². The van der Waals surface area contributed by atoms with Crippen LogP contribution in [0.4, 0.5) is 0 Å². The van der Waals surface area contributed by atoms with Gasteiger partial charge >= 0.3 is 0 Å². The summed E-state index contributed by atoms with van der Waals surface area (Å²) in [6.07, 6.45) is 2.45. The Morgan fingerprint density at radius 2 is 2.10 bits per heavy atom. The van der Waals surface area contributed by atoms with Crippen molar-refractivity contribution in [2.75, 3.05) is 19.6 Å². The maximum absolute atomic E-state index is 12.7. The number of rotatable bonds is 1. The first kappa shape index (κ1) is 12.8. The second-order valence-corrected chi connectivity index (χ2v) is 6.06. The molecule has 2 saturated heterocycles. The molecule has 1 aromatic carbocycles. The third-order valence-corrected chi connectivity index (χ3v) is 4.70. The van der Waals surface area contributed by atoms with Gasteiger partial charge in [0.15, 0.2) is 0 Å². The van der Waals surface area contributed by atoms with E-state index in [2.05, 4.69) is 10.3 Å². The third kappa shape index (κ3) is 2.29. The highest BCUT2D eigenvalue weighted by Gasteiger charge is 2.36. The molecule has 3 heterocycles. The number of piperidine rings is 1. The Morgan fingerprint density at radius 1 is 1.19 bits per heavy atom. The minimum atomic E-state index is 0.0666. The monoisotopic (exact) mass is 281 g/mol. The molecule has 0 spiro atoms. The summed E-state index contributed by atoms with van der Waals surface area (Å²) in [5, 5.41) is 4.61. The van der Waals surface area contributed by atoms with Crippen LogP contribution in [-0.4, -0.2) is 41.5 Å². The van der Waals surface area contributed by atoms with E-state index in [1.807, 2.05) is 41.3 Å². The zero-order valence-corrected chi connectivity index (χ0v) is 12.0. The van der Waals surface area contributed by atoms with Crippen molar-refractivity contribution in [1.82, 2.24) is 15.2 Å². The van der Waals surface area contributed by atoms with Gasteiger partial charge in [0, 0.05) is 24.5 Å². The molecule has 2 aromatic rings. The summed E-state index contributed by atoms with van der Waals surface area (Å²) < 4.78 is 0. The van der Waals surface area contributed by atoms with E-state index >= 15 is 0 Å². The SMILES string of the molecule is O=C(c1ccc2ccccc2n1)N1C[C@@H]2CCCN[C@@H]2C1. The number of hydrogen-bond acceptors (Lipinski definition) is 3. The lowest BCUT2D eigenvalue weighted by atomic mass is 9.94. The predicted octanol–water partition coefficient (Wildman–Crippen LogP) is 2.06. The lowest BCUT2D eigenvalue weighted by Gasteiger charge is -2.24. The van der Waals surface area contributed by atoms with Crippen molar-refractivity contribution in [2.45, 2.75) is 18.9 Å². The van der Waals surface area contributed by atoms with Gasteiger partial charge in [-0.2, -0.15) is 0 Å². The number of fused-ring (bicyclic) bond motifs is 2. The van der Waals surface area contributed by atoms with E-state index in [0.29, 0.717) is 17.7 Å². The van der Waals surface area contributed by atoms with E-state index in [4.69, 9.17) is 0 Å². The smallest absolute Gasteiger partial charge is 0.272 e. The zero-order chi connectivity index (χ0) is 14.2. The van der Waals surface area contributed by atoms with E-state index < -0.39 is 0 Å². The molecule has 4 nitrogen and oxygen atoms in total. The molecule has 2 aliphatic heterocycles. The van der Waals surface area contributed by atoms with Gasteiger partial charge in [0.2, 0.25) is 0 Å². The van der Waals surface area contributed by atoms with Crippen LogP contribution in [0.5, 0.6) is 0 Å². The highest BCUT2D eigenvalue weighted by Crippen LogP contribution is 2.26. The van der Waals surface area contributed by atoms with Crippen molar-refractivity contribution < 1.29 is 4.79 Å². The summed E-state index contributed by atoms with van der Waals surface area (Å²) in [5.74, 6) is 0.681. The molecule has 2 aliphatic rings. The van der Waals surface area contributed by atoms with Gasteiger partial charge in [-0.25, -0.2) is 4.98 Å². The lowest BCUT2D eigenvalue weighted by Crippen LogP contribution is -2.41. The fraction of sp³-hybridized carbons (Fsp3) is 0.412. The molecular formula is C17H19N3O. The van der Waals surface area contributed by atoms with E-state index in [1.54, 1.807) is 0 Å². The van der Waals surface area contributed by atoms with Crippen LogP contribution in [-0.2, 0) is 0 Å². The standard InChI is InChI=1S/C17H19N3O/c21-17(20-10-13-5-3-9-18-16(13)11-20)15-8-7-12-4-1-2-6-14(12)19-15/h1-2,4,6-8,13,16,18H,3,5,9-11H2/t13-,16+/m0/s1. The molecule has 108 valence electrons. The molecule has 4 rings (SSSR count). The van der Waals surface area contributed by atoms with Gasteiger partial charge < -0.3 is 10.2 Å². The molecule has 1 N–H and O–H groups in total. The molecular weight excluding hydrogens is 262 g/mol. The van der Waals surface area contributed by atoms with Crippen LogP contribution in [0, 0.1) is 5.92 Å². The van der Waals surface area contributed by atoms with Crippen molar-refractivity contribution in [2.24, 2.45) is 5.92 Å². The molecule has 0 radical (unpaired) electrons. The first-order valence-corrected chi connectivity index (χ1v) is 7.70. The summed E-state index contributed by atoms with van der Waals surface area (Å²) in [5.41, 5.74) is 1.45. The van der Waals surface area contributed by atoms with Crippen LogP contribution in [0.15, 0.2) is 36.4 Å². The number of aromatic nitrogens is 1. The fourth-order valence-corrected chi connectivity index (χ4v) is 3.56. The highest BCUT2D eigenvalue weighted by molar-refractivity contribution is 5.95. The molecule has 0 aliphatic carbocycles. The number of benzene rings is 1. The lowest BCUT2D eigenvalue weighted by molar-refractivity contribution is 0.0780. The minimum absolute atomic E-state index is 0.0666. The Bertz CT molecular complexity index is 671. The molecule has 0 unspecified atom stereocenters. The van der Waals surface area contributed by atoms with Crippen molar-refractivity contribution in [3.63, 3.8) is 0 Å². The molecule has 2 fully saturated rings.